The number of hydrogen-bond donors (Lipinski definition) is 2. The second-order valence-corrected chi connectivity index (χ2v) is 5.97. The van der Waals surface area contributed by atoms with Gasteiger partial charge in [-0.1, -0.05) is 12.8 Å². The lowest BCUT2D eigenvalue weighted by atomic mass is 9.83. The van der Waals surface area contributed by atoms with Crippen LogP contribution in [0, 0.1) is 11.8 Å². The minimum atomic E-state index is -2.59. The van der Waals surface area contributed by atoms with Gasteiger partial charge >= 0.3 is 0 Å². The zero-order chi connectivity index (χ0) is 13.9. The van der Waals surface area contributed by atoms with Crippen molar-refractivity contribution in [2.24, 2.45) is 11.8 Å². The molecule has 2 fully saturated rings. The Balaban J connectivity index is 1.83. The van der Waals surface area contributed by atoms with E-state index in [9.17, 15) is 18.7 Å². The maximum Gasteiger partial charge on any atom is 0.248 e. The van der Waals surface area contributed by atoms with Crippen LogP contribution in [-0.4, -0.2) is 29.6 Å². The summed E-state index contributed by atoms with van der Waals surface area (Å²) in [6.07, 6.45) is 4.16. The molecule has 0 aromatic carbocycles. The number of aliphatic hydroxyl groups is 1. The molecule has 0 aliphatic heterocycles. The summed E-state index contributed by atoms with van der Waals surface area (Å²) < 4.78 is 26.1. The Morgan fingerprint density at radius 2 is 1.79 bits per heavy atom. The van der Waals surface area contributed by atoms with E-state index in [0.29, 0.717) is 0 Å². The number of carbonyl (C=O) groups is 1. The minimum absolute atomic E-state index is 0.0219. The molecule has 19 heavy (non-hydrogen) atoms. The average molecular weight is 275 g/mol. The normalized spacial score (nSPS) is 31.9. The molecule has 0 aromatic rings. The molecule has 2 unspecified atom stereocenters. The van der Waals surface area contributed by atoms with Gasteiger partial charge in [-0.3, -0.25) is 4.79 Å². The molecule has 0 aromatic heterocycles. The van der Waals surface area contributed by atoms with E-state index in [1.807, 2.05) is 0 Å². The third-order valence-corrected chi connectivity index (χ3v) is 4.56. The summed E-state index contributed by atoms with van der Waals surface area (Å²) >= 11 is 0. The molecule has 2 saturated carbocycles. The van der Waals surface area contributed by atoms with Crippen molar-refractivity contribution in [3.05, 3.63) is 0 Å². The van der Waals surface area contributed by atoms with Gasteiger partial charge in [-0.05, 0) is 25.7 Å². The number of nitrogens with one attached hydrogen (secondary N) is 1. The first kappa shape index (κ1) is 14.7. The molecular weight excluding hydrogens is 252 g/mol. The molecule has 2 atom stereocenters. The zero-order valence-electron chi connectivity index (χ0n) is 11.2. The molecule has 2 aliphatic rings. The summed E-state index contributed by atoms with van der Waals surface area (Å²) in [6.45, 7) is 0.0910. The Hall–Kier alpha value is -0.710. The van der Waals surface area contributed by atoms with Gasteiger partial charge in [0.15, 0.2) is 0 Å². The molecule has 0 spiro atoms. The summed E-state index contributed by atoms with van der Waals surface area (Å²) in [4.78, 5) is 12.1. The number of halogens is 2. The van der Waals surface area contributed by atoms with E-state index in [1.54, 1.807) is 0 Å². The van der Waals surface area contributed by atoms with Gasteiger partial charge in [0, 0.05) is 37.3 Å². The Kier molecular flexibility index (Phi) is 4.76. The second-order valence-electron chi connectivity index (χ2n) is 5.97. The molecule has 0 radical (unpaired) electrons. The predicted molar refractivity (Wildman–Crippen MR) is 67.9 cm³/mol. The number of aliphatic hydroxyl groups excluding tert-OH is 1. The topological polar surface area (TPSA) is 49.3 Å². The summed E-state index contributed by atoms with van der Waals surface area (Å²) in [5, 5.41) is 12.3. The van der Waals surface area contributed by atoms with Crippen molar-refractivity contribution in [2.75, 3.05) is 6.61 Å². The molecule has 3 nitrogen and oxygen atoms in total. The SMILES string of the molecule is O=C(NC1CCCCC1CO)C1CCC(F)(F)CC1. The van der Waals surface area contributed by atoms with Crippen LogP contribution in [0.25, 0.3) is 0 Å². The smallest absolute Gasteiger partial charge is 0.248 e. The first-order chi connectivity index (χ1) is 9.02. The predicted octanol–water partition coefficient (Wildman–Crippen LogP) is 2.48. The monoisotopic (exact) mass is 275 g/mol. The van der Waals surface area contributed by atoms with Gasteiger partial charge in [0.2, 0.25) is 11.8 Å². The van der Waals surface area contributed by atoms with Crippen molar-refractivity contribution in [1.82, 2.24) is 5.32 Å². The van der Waals surface area contributed by atoms with Crippen LogP contribution in [0.15, 0.2) is 0 Å². The fourth-order valence-corrected chi connectivity index (χ4v) is 3.22. The van der Waals surface area contributed by atoms with E-state index in [0.717, 1.165) is 25.7 Å². The van der Waals surface area contributed by atoms with Crippen molar-refractivity contribution in [1.29, 1.82) is 0 Å². The number of hydrogen-bond acceptors (Lipinski definition) is 2. The summed E-state index contributed by atoms with van der Waals surface area (Å²) in [5.74, 6) is -2.83. The molecule has 0 heterocycles. The standard InChI is InChI=1S/C14H23F2NO2/c15-14(16)7-5-10(6-8-14)13(19)17-12-4-2-1-3-11(12)9-18/h10-12,18H,1-9H2,(H,17,19). The fourth-order valence-electron chi connectivity index (χ4n) is 3.22. The van der Waals surface area contributed by atoms with Crippen molar-refractivity contribution in [3.8, 4) is 0 Å². The van der Waals surface area contributed by atoms with E-state index in [1.165, 1.54) is 0 Å². The van der Waals surface area contributed by atoms with Crippen LogP contribution >= 0.6 is 0 Å². The van der Waals surface area contributed by atoms with E-state index in [-0.39, 0.29) is 56.1 Å². The summed E-state index contributed by atoms with van der Waals surface area (Å²) in [6, 6.07) is 0.0219. The van der Waals surface area contributed by atoms with Crippen molar-refractivity contribution >= 4 is 5.91 Å². The van der Waals surface area contributed by atoms with Gasteiger partial charge in [-0.15, -0.1) is 0 Å². The molecule has 0 saturated heterocycles. The first-order valence-corrected chi connectivity index (χ1v) is 7.31. The van der Waals surface area contributed by atoms with E-state index in [2.05, 4.69) is 5.32 Å². The van der Waals surface area contributed by atoms with Gasteiger partial charge in [0.05, 0.1) is 0 Å². The lowest BCUT2D eigenvalue weighted by molar-refractivity contribution is -0.130. The molecule has 5 heteroatoms. The Labute approximate surface area is 112 Å². The molecule has 110 valence electrons. The highest BCUT2D eigenvalue weighted by Crippen LogP contribution is 2.36. The first-order valence-electron chi connectivity index (χ1n) is 7.31. The molecule has 2 N–H and O–H groups in total. The van der Waals surface area contributed by atoms with Crippen molar-refractivity contribution in [2.45, 2.75) is 63.3 Å². The number of alkyl halides is 2. The highest BCUT2D eigenvalue weighted by atomic mass is 19.3. The molecular formula is C14H23F2NO2. The van der Waals surface area contributed by atoms with Crippen LogP contribution in [0.2, 0.25) is 0 Å². The number of amides is 1. The highest BCUT2D eigenvalue weighted by molar-refractivity contribution is 5.79. The third kappa shape index (κ3) is 3.88. The third-order valence-electron chi connectivity index (χ3n) is 4.56. The fraction of sp³-hybridized carbons (Fsp3) is 0.929. The van der Waals surface area contributed by atoms with Crippen molar-refractivity contribution < 1.29 is 18.7 Å². The summed E-state index contributed by atoms with van der Waals surface area (Å²) in [7, 11) is 0. The lowest BCUT2D eigenvalue weighted by Crippen LogP contribution is -2.46. The van der Waals surface area contributed by atoms with Gasteiger partial charge < -0.3 is 10.4 Å². The van der Waals surface area contributed by atoms with E-state index < -0.39 is 5.92 Å². The maximum atomic E-state index is 13.1. The van der Waals surface area contributed by atoms with Crippen LogP contribution < -0.4 is 5.32 Å². The Bertz CT molecular complexity index is 313. The van der Waals surface area contributed by atoms with Crippen LogP contribution in [0.3, 0.4) is 0 Å². The number of carbonyl (C=O) groups excluding carboxylic acids is 1. The Morgan fingerprint density at radius 1 is 1.16 bits per heavy atom. The second kappa shape index (κ2) is 6.16. The zero-order valence-corrected chi connectivity index (χ0v) is 11.2. The van der Waals surface area contributed by atoms with Crippen LogP contribution in [0.5, 0.6) is 0 Å². The van der Waals surface area contributed by atoms with Crippen LogP contribution in [0.1, 0.15) is 51.4 Å². The van der Waals surface area contributed by atoms with Gasteiger partial charge in [0.1, 0.15) is 0 Å². The molecule has 1 amide bonds. The summed E-state index contributed by atoms with van der Waals surface area (Å²) in [5.41, 5.74) is 0. The quantitative estimate of drug-likeness (QED) is 0.831. The average Bonchev–Trinajstić information content (AvgIpc) is 2.39. The van der Waals surface area contributed by atoms with Gasteiger partial charge in [-0.25, -0.2) is 8.78 Å². The Morgan fingerprint density at radius 3 is 2.42 bits per heavy atom. The van der Waals surface area contributed by atoms with E-state index in [4.69, 9.17) is 0 Å². The number of rotatable bonds is 3. The maximum absolute atomic E-state index is 13.1. The largest absolute Gasteiger partial charge is 0.396 e. The molecule has 2 aliphatic carbocycles. The van der Waals surface area contributed by atoms with E-state index >= 15 is 0 Å². The van der Waals surface area contributed by atoms with Gasteiger partial charge in [0.25, 0.3) is 0 Å². The van der Waals surface area contributed by atoms with Crippen LogP contribution in [-0.2, 0) is 4.79 Å². The molecule has 0 bridgehead atoms. The lowest BCUT2D eigenvalue weighted by Gasteiger charge is -2.33. The van der Waals surface area contributed by atoms with Gasteiger partial charge in [-0.2, -0.15) is 0 Å². The van der Waals surface area contributed by atoms with Crippen molar-refractivity contribution in [3.63, 3.8) is 0 Å². The minimum Gasteiger partial charge on any atom is -0.396 e. The highest BCUT2D eigenvalue weighted by Gasteiger charge is 2.38. The van der Waals surface area contributed by atoms with Crippen LogP contribution in [0.4, 0.5) is 8.78 Å². The molecule has 2 rings (SSSR count).